The summed E-state index contributed by atoms with van der Waals surface area (Å²) in [6.45, 7) is 7.84. The highest BCUT2D eigenvalue weighted by atomic mass is 16.5. The molecule has 100 valence electrons. The molecule has 1 N–H and O–H groups in total. The van der Waals surface area contributed by atoms with Gasteiger partial charge < -0.3 is 9.84 Å². The van der Waals surface area contributed by atoms with E-state index in [1.54, 1.807) is 0 Å². The molecule has 0 unspecified atom stereocenters. The van der Waals surface area contributed by atoms with E-state index in [0.29, 0.717) is 18.4 Å². The van der Waals surface area contributed by atoms with Gasteiger partial charge in [-0.25, -0.2) is 0 Å². The average molecular weight is 242 g/mol. The summed E-state index contributed by atoms with van der Waals surface area (Å²) in [5, 5.41) is 9.46. The lowest BCUT2D eigenvalue weighted by Gasteiger charge is -2.40. The Kier molecular flexibility index (Phi) is 4.99. The van der Waals surface area contributed by atoms with Gasteiger partial charge >= 0.3 is 5.97 Å². The topological polar surface area (TPSA) is 46.5 Å². The van der Waals surface area contributed by atoms with Crippen molar-refractivity contribution in [2.24, 2.45) is 10.8 Å². The highest BCUT2D eigenvalue weighted by molar-refractivity contribution is 5.74. The van der Waals surface area contributed by atoms with Crippen LogP contribution in [0.2, 0.25) is 0 Å². The lowest BCUT2D eigenvalue weighted by molar-refractivity contribution is -0.154. The molecule has 1 saturated carbocycles. The van der Waals surface area contributed by atoms with E-state index in [4.69, 9.17) is 4.74 Å². The zero-order valence-corrected chi connectivity index (χ0v) is 11.4. The van der Waals surface area contributed by atoms with E-state index in [1.807, 2.05) is 0 Å². The van der Waals surface area contributed by atoms with Gasteiger partial charge in [0.1, 0.15) is 0 Å². The number of hydrogen-bond donors (Lipinski definition) is 1. The third-order valence-electron chi connectivity index (χ3n) is 4.09. The van der Waals surface area contributed by atoms with E-state index in [0.717, 1.165) is 38.7 Å². The predicted octanol–water partition coefficient (Wildman–Crippen LogP) is 3.47. The number of carbonyl (C=O) groups is 1. The van der Waals surface area contributed by atoms with E-state index < -0.39 is 11.4 Å². The summed E-state index contributed by atoms with van der Waals surface area (Å²) in [5.41, 5.74) is -0.216. The molecule has 0 aromatic heterocycles. The smallest absolute Gasteiger partial charge is 0.309 e. The summed E-state index contributed by atoms with van der Waals surface area (Å²) in [4.78, 5) is 11.5. The highest BCUT2D eigenvalue weighted by Crippen LogP contribution is 2.47. The Balaban J connectivity index is 2.50. The average Bonchev–Trinajstić information content (AvgIpc) is 2.26. The van der Waals surface area contributed by atoms with Crippen LogP contribution < -0.4 is 0 Å². The standard InChI is InChI=1S/C14H26O3/c1-4-10-17-11-9-14(12(15)16)7-5-13(2,3)6-8-14/h4-11H2,1-3H3,(H,15,16). The van der Waals surface area contributed by atoms with Crippen molar-refractivity contribution >= 4 is 5.97 Å². The molecule has 1 fully saturated rings. The monoisotopic (exact) mass is 242 g/mol. The minimum absolute atomic E-state index is 0.309. The summed E-state index contributed by atoms with van der Waals surface area (Å²) in [5.74, 6) is -0.631. The number of ether oxygens (including phenoxy) is 1. The molecule has 0 bridgehead atoms. The normalized spacial score (nSPS) is 22.3. The van der Waals surface area contributed by atoms with Gasteiger partial charge in [0.15, 0.2) is 0 Å². The first-order chi connectivity index (χ1) is 7.92. The molecule has 0 atom stereocenters. The molecule has 0 aromatic carbocycles. The Morgan fingerprint density at radius 2 is 1.76 bits per heavy atom. The van der Waals surface area contributed by atoms with Crippen LogP contribution in [0.5, 0.6) is 0 Å². The SMILES string of the molecule is CCCOCCC1(C(=O)O)CCC(C)(C)CC1. The first-order valence-electron chi connectivity index (χ1n) is 6.73. The molecule has 0 radical (unpaired) electrons. The van der Waals surface area contributed by atoms with E-state index in [2.05, 4.69) is 20.8 Å². The molecule has 0 aromatic rings. The van der Waals surface area contributed by atoms with Crippen molar-refractivity contribution in [3.05, 3.63) is 0 Å². The minimum atomic E-state index is -0.631. The second kappa shape index (κ2) is 5.85. The summed E-state index contributed by atoms with van der Waals surface area (Å²) in [7, 11) is 0. The molecule has 3 nitrogen and oxygen atoms in total. The molecular formula is C14H26O3. The molecule has 1 aliphatic rings. The van der Waals surface area contributed by atoms with Crippen LogP contribution in [-0.2, 0) is 9.53 Å². The molecule has 0 amide bonds. The van der Waals surface area contributed by atoms with Crippen molar-refractivity contribution < 1.29 is 14.6 Å². The number of aliphatic carboxylic acids is 1. The van der Waals surface area contributed by atoms with Gasteiger partial charge in [-0.2, -0.15) is 0 Å². The maximum absolute atomic E-state index is 11.5. The van der Waals surface area contributed by atoms with E-state index >= 15 is 0 Å². The molecule has 1 aliphatic carbocycles. The Hall–Kier alpha value is -0.570. The van der Waals surface area contributed by atoms with Crippen LogP contribution in [0.4, 0.5) is 0 Å². The Morgan fingerprint density at radius 3 is 2.24 bits per heavy atom. The molecule has 0 spiro atoms. The Bertz CT molecular complexity index is 248. The van der Waals surface area contributed by atoms with E-state index in [1.165, 1.54) is 0 Å². The molecule has 17 heavy (non-hydrogen) atoms. The summed E-state index contributed by atoms with van der Waals surface area (Å²) in [6.07, 6.45) is 5.27. The first kappa shape index (κ1) is 14.5. The quantitative estimate of drug-likeness (QED) is 0.725. The molecule has 3 heteroatoms. The van der Waals surface area contributed by atoms with Gasteiger partial charge in [0.05, 0.1) is 5.41 Å². The van der Waals surface area contributed by atoms with Gasteiger partial charge in [-0.05, 0) is 43.9 Å². The van der Waals surface area contributed by atoms with Gasteiger partial charge in [0, 0.05) is 13.2 Å². The van der Waals surface area contributed by atoms with Crippen LogP contribution >= 0.6 is 0 Å². The van der Waals surface area contributed by atoms with E-state index in [-0.39, 0.29) is 0 Å². The molecular weight excluding hydrogens is 216 g/mol. The number of carboxylic acid groups (broad SMARTS) is 1. The Morgan fingerprint density at radius 1 is 1.18 bits per heavy atom. The molecule has 0 aliphatic heterocycles. The summed E-state index contributed by atoms with van der Waals surface area (Å²) >= 11 is 0. The van der Waals surface area contributed by atoms with Gasteiger partial charge in [0.25, 0.3) is 0 Å². The zero-order valence-electron chi connectivity index (χ0n) is 11.4. The summed E-state index contributed by atoms with van der Waals surface area (Å²) < 4.78 is 5.45. The van der Waals surface area contributed by atoms with Gasteiger partial charge in [0.2, 0.25) is 0 Å². The maximum atomic E-state index is 11.5. The van der Waals surface area contributed by atoms with Crippen LogP contribution in [0.25, 0.3) is 0 Å². The maximum Gasteiger partial charge on any atom is 0.309 e. The highest BCUT2D eigenvalue weighted by Gasteiger charge is 2.43. The molecule has 0 heterocycles. The molecule has 0 saturated heterocycles. The van der Waals surface area contributed by atoms with Crippen LogP contribution in [0, 0.1) is 10.8 Å². The third-order valence-corrected chi connectivity index (χ3v) is 4.09. The van der Waals surface area contributed by atoms with E-state index in [9.17, 15) is 9.90 Å². The fourth-order valence-electron chi connectivity index (χ4n) is 2.49. The van der Waals surface area contributed by atoms with Crippen molar-refractivity contribution in [2.75, 3.05) is 13.2 Å². The van der Waals surface area contributed by atoms with Gasteiger partial charge in [-0.15, -0.1) is 0 Å². The fraction of sp³-hybridized carbons (Fsp3) is 0.929. The largest absolute Gasteiger partial charge is 0.481 e. The molecule has 1 rings (SSSR count). The van der Waals surface area contributed by atoms with Crippen molar-refractivity contribution in [2.45, 2.75) is 59.3 Å². The van der Waals surface area contributed by atoms with Crippen molar-refractivity contribution in [3.8, 4) is 0 Å². The zero-order chi connectivity index (χ0) is 12.9. The van der Waals surface area contributed by atoms with Gasteiger partial charge in [-0.3, -0.25) is 4.79 Å². The summed E-state index contributed by atoms with van der Waals surface area (Å²) in [6, 6.07) is 0. The van der Waals surface area contributed by atoms with Crippen molar-refractivity contribution in [3.63, 3.8) is 0 Å². The predicted molar refractivity (Wildman–Crippen MR) is 68.0 cm³/mol. The Labute approximate surface area is 105 Å². The van der Waals surface area contributed by atoms with Crippen molar-refractivity contribution in [1.29, 1.82) is 0 Å². The third kappa shape index (κ3) is 3.98. The number of rotatable bonds is 6. The number of hydrogen-bond acceptors (Lipinski definition) is 2. The van der Waals surface area contributed by atoms with Gasteiger partial charge in [-0.1, -0.05) is 20.8 Å². The second-order valence-corrected chi connectivity index (χ2v) is 6.11. The second-order valence-electron chi connectivity index (χ2n) is 6.11. The van der Waals surface area contributed by atoms with Crippen LogP contribution in [0.3, 0.4) is 0 Å². The van der Waals surface area contributed by atoms with Crippen LogP contribution in [0.1, 0.15) is 59.3 Å². The lowest BCUT2D eigenvalue weighted by atomic mass is 9.64. The van der Waals surface area contributed by atoms with Crippen molar-refractivity contribution in [1.82, 2.24) is 0 Å². The fourth-order valence-corrected chi connectivity index (χ4v) is 2.49. The number of carboxylic acids is 1. The van der Waals surface area contributed by atoms with Crippen LogP contribution in [0.15, 0.2) is 0 Å². The minimum Gasteiger partial charge on any atom is -0.481 e. The lowest BCUT2D eigenvalue weighted by Crippen LogP contribution is -2.38. The first-order valence-corrected chi connectivity index (χ1v) is 6.73. The van der Waals surface area contributed by atoms with Crippen LogP contribution in [-0.4, -0.2) is 24.3 Å².